The predicted molar refractivity (Wildman–Crippen MR) is 135 cm³/mol. The first-order chi connectivity index (χ1) is 17.8. The number of nitrogens with zero attached hydrogens (tertiary/aromatic N) is 1. The lowest BCUT2D eigenvalue weighted by atomic mass is 10.0. The molecule has 1 aliphatic heterocycles. The minimum Gasteiger partial charge on any atom is -0.466 e. The second kappa shape index (κ2) is 11.5. The van der Waals surface area contributed by atoms with Crippen LogP contribution in [0.5, 0.6) is 11.5 Å². The van der Waals surface area contributed by atoms with Crippen LogP contribution < -0.4 is 10.1 Å². The maximum atomic E-state index is 14.7. The van der Waals surface area contributed by atoms with Crippen LogP contribution in [0.2, 0.25) is 0 Å². The first-order valence-corrected chi connectivity index (χ1v) is 13.3. The highest BCUT2D eigenvalue weighted by molar-refractivity contribution is 7.89. The van der Waals surface area contributed by atoms with Gasteiger partial charge in [-0.25, -0.2) is 12.8 Å². The maximum Gasteiger partial charge on any atom is 0.310 e. The summed E-state index contributed by atoms with van der Waals surface area (Å²) in [6, 6.07) is 19.0. The van der Waals surface area contributed by atoms with Crippen molar-refractivity contribution in [3.8, 4) is 11.5 Å². The summed E-state index contributed by atoms with van der Waals surface area (Å²) in [5, 5.41) is 2.68. The number of benzene rings is 3. The third kappa shape index (κ3) is 6.33. The number of carbonyl (C=O) groups is 2. The topological polar surface area (TPSA) is 102 Å². The van der Waals surface area contributed by atoms with Crippen LogP contribution in [-0.4, -0.2) is 44.3 Å². The lowest BCUT2D eigenvalue weighted by Gasteiger charge is -2.30. The molecular formula is C27H27FN2O6S. The van der Waals surface area contributed by atoms with Gasteiger partial charge in [0.2, 0.25) is 10.0 Å². The molecule has 0 aromatic heterocycles. The van der Waals surface area contributed by atoms with E-state index in [-0.39, 0.29) is 25.3 Å². The van der Waals surface area contributed by atoms with Crippen LogP contribution in [0, 0.1) is 11.7 Å². The van der Waals surface area contributed by atoms with Crippen molar-refractivity contribution in [3.63, 3.8) is 0 Å². The van der Waals surface area contributed by atoms with Gasteiger partial charge in [0.25, 0.3) is 5.91 Å². The number of amides is 1. The number of para-hydroxylation sites is 1. The molecule has 1 aliphatic rings. The van der Waals surface area contributed by atoms with Gasteiger partial charge >= 0.3 is 5.97 Å². The molecule has 0 aliphatic carbocycles. The quantitative estimate of drug-likeness (QED) is 0.422. The summed E-state index contributed by atoms with van der Waals surface area (Å²) in [6.45, 7) is 1.91. The molecule has 3 aromatic rings. The summed E-state index contributed by atoms with van der Waals surface area (Å²) in [4.78, 5) is 24.3. The molecule has 1 N–H and O–H groups in total. The minimum atomic E-state index is -4.28. The molecule has 0 radical (unpaired) electrons. The van der Waals surface area contributed by atoms with Crippen molar-refractivity contribution in [1.29, 1.82) is 0 Å². The lowest BCUT2D eigenvalue weighted by molar-refractivity contribution is -0.149. The van der Waals surface area contributed by atoms with E-state index in [9.17, 15) is 22.4 Å². The fourth-order valence-electron chi connectivity index (χ4n) is 4.03. The highest BCUT2D eigenvalue weighted by Gasteiger charge is 2.35. The first-order valence-electron chi connectivity index (χ1n) is 11.9. The third-order valence-corrected chi connectivity index (χ3v) is 7.79. The molecule has 8 nitrogen and oxygen atoms in total. The average Bonchev–Trinajstić information content (AvgIpc) is 2.90. The third-order valence-electron chi connectivity index (χ3n) is 5.91. The molecule has 0 bridgehead atoms. The van der Waals surface area contributed by atoms with Gasteiger partial charge in [-0.1, -0.05) is 18.2 Å². The Bertz CT molecular complexity index is 1360. The number of carbonyl (C=O) groups excluding carboxylic acids is 2. The van der Waals surface area contributed by atoms with Crippen molar-refractivity contribution in [2.75, 3.05) is 25.0 Å². The molecule has 3 aromatic carbocycles. The van der Waals surface area contributed by atoms with Crippen LogP contribution in [0.15, 0.2) is 77.7 Å². The fourth-order valence-corrected chi connectivity index (χ4v) is 5.64. The van der Waals surface area contributed by atoms with Crippen molar-refractivity contribution in [2.45, 2.75) is 24.7 Å². The van der Waals surface area contributed by atoms with Crippen LogP contribution in [0.25, 0.3) is 0 Å². The predicted octanol–water partition coefficient (Wildman–Crippen LogP) is 4.83. The van der Waals surface area contributed by atoms with Gasteiger partial charge in [-0.05, 0) is 74.4 Å². The van der Waals surface area contributed by atoms with Crippen LogP contribution in [0.3, 0.4) is 0 Å². The van der Waals surface area contributed by atoms with Crippen LogP contribution in [0.1, 0.15) is 30.1 Å². The number of nitrogens with one attached hydrogen (secondary N) is 1. The lowest BCUT2D eigenvalue weighted by Crippen LogP contribution is -2.43. The second-order valence-electron chi connectivity index (χ2n) is 8.49. The van der Waals surface area contributed by atoms with Crippen LogP contribution in [0.4, 0.5) is 10.1 Å². The molecule has 1 saturated heterocycles. The molecule has 194 valence electrons. The van der Waals surface area contributed by atoms with E-state index < -0.39 is 38.5 Å². The highest BCUT2D eigenvalue weighted by atomic mass is 32.2. The van der Waals surface area contributed by atoms with E-state index >= 15 is 0 Å². The number of halogens is 1. The molecule has 0 unspecified atom stereocenters. The van der Waals surface area contributed by atoms with E-state index in [4.69, 9.17) is 9.47 Å². The summed E-state index contributed by atoms with van der Waals surface area (Å²) >= 11 is 0. The first kappa shape index (κ1) is 26.3. The van der Waals surface area contributed by atoms with Gasteiger partial charge < -0.3 is 14.8 Å². The van der Waals surface area contributed by atoms with Crippen molar-refractivity contribution < 1.29 is 31.9 Å². The number of esters is 1. The van der Waals surface area contributed by atoms with Crippen molar-refractivity contribution in [2.24, 2.45) is 5.92 Å². The number of hydrogen-bond donors (Lipinski definition) is 1. The number of hydrogen-bond acceptors (Lipinski definition) is 6. The SMILES string of the molecule is CCOC(=O)[C@H]1CCCN(S(=O)(=O)c2cc(C(=O)Nc3ccc(Oc4ccccc4)cc3)ccc2F)C1. The van der Waals surface area contributed by atoms with E-state index in [0.717, 1.165) is 16.4 Å². The van der Waals surface area contributed by atoms with Crippen LogP contribution >= 0.6 is 0 Å². The normalized spacial score (nSPS) is 16.1. The molecule has 1 amide bonds. The van der Waals surface area contributed by atoms with Crippen molar-refractivity contribution >= 4 is 27.6 Å². The zero-order chi connectivity index (χ0) is 26.4. The Kier molecular flexibility index (Phi) is 8.20. The van der Waals surface area contributed by atoms with E-state index in [1.54, 1.807) is 31.2 Å². The summed E-state index contributed by atoms with van der Waals surface area (Å²) in [5.41, 5.74) is 0.427. The fraction of sp³-hybridized carbons (Fsp3) is 0.259. The van der Waals surface area contributed by atoms with Gasteiger partial charge in [0, 0.05) is 24.3 Å². The Hall–Kier alpha value is -3.76. The van der Waals surface area contributed by atoms with Gasteiger partial charge in [-0.2, -0.15) is 4.31 Å². The Morgan fingerprint density at radius 3 is 2.43 bits per heavy atom. The van der Waals surface area contributed by atoms with Crippen LogP contribution in [-0.2, 0) is 19.6 Å². The van der Waals surface area contributed by atoms with E-state index in [2.05, 4.69) is 5.32 Å². The molecule has 37 heavy (non-hydrogen) atoms. The number of piperidine rings is 1. The summed E-state index contributed by atoms with van der Waals surface area (Å²) in [5.74, 6) is -1.43. The molecule has 4 rings (SSSR count). The zero-order valence-electron chi connectivity index (χ0n) is 20.2. The van der Waals surface area contributed by atoms with Gasteiger partial charge in [-0.3, -0.25) is 9.59 Å². The second-order valence-corrected chi connectivity index (χ2v) is 10.4. The zero-order valence-corrected chi connectivity index (χ0v) is 21.0. The molecule has 0 saturated carbocycles. The maximum absolute atomic E-state index is 14.7. The van der Waals surface area contributed by atoms with E-state index in [0.29, 0.717) is 30.0 Å². The van der Waals surface area contributed by atoms with Gasteiger partial charge in [0.05, 0.1) is 12.5 Å². The summed E-state index contributed by atoms with van der Waals surface area (Å²) < 4.78 is 53.0. The van der Waals surface area contributed by atoms with E-state index in [1.165, 1.54) is 6.07 Å². The smallest absolute Gasteiger partial charge is 0.310 e. The number of sulfonamides is 1. The highest BCUT2D eigenvalue weighted by Crippen LogP contribution is 2.28. The number of anilines is 1. The summed E-state index contributed by atoms with van der Waals surface area (Å²) in [7, 11) is -4.28. The van der Waals surface area contributed by atoms with Crippen molar-refractivity contribution in [3.05, 3.63) is 84.2 Å². The van der Waals surface area contributed by atoms with Crippen molar-refractivity contribution in [1.82, 2.24) is 4.31 Å². The Labute approximate surface area is 215 Å². The summed E-state index contributed by atoms with van der Waals surface area (Å²) in [6.07, 6.45) is 0.930. The molecule has 1 fully saturated rings. The number of ether oxygens (including phenoxy) is 2. The molecular weight excluding hydrogens is 499 g/mol. The Balaban J connectivity index is 1.47. The monoisotopic (exact) mass is 526 g/mol. The molecule has 10 heteroatoms. The van der Waals surface area contributed by atoms with E-state index in [1.807, 2.05) is 30.3 Å². The number of rotatable bonds is 8. The largest absolute Gasteiger partial charge is 0.466 e. The average molecular weight is 527 g/mol. The molecule has 1 atom stereocenters. The molecule has 1 heterocycles. The minimum absolute atomic E-state index is 0.0245. The Morgan fingerprint density at radius 2 is 1.73 bits per heavy atom. The van der Waals surface area contributed by atoms with Gasteiger partial charge in [0.1, 0.15) is 22.2 Å². The van der Waals surface area contributed by atoms with Gasteiger partial charge in [-0.15, -0.1) is 0 Å². The van der Waals surface area contributed by atoms with Gasteiger partial charge in [0.15, 0.2) is 0 Å². The Morgan fingerprint density at radius 1 is 1.03 bits per heavy atom. The standard InChI is InChI=1S/C27H27FN2O6S/c1-2-35-27(32)20-7-6-16-30(18-20)37(33,34)25-17-19(10-15-24(25)28)26(31)29-21-11-13-23(14-12-21)36-22-8-4-3-5-9-22/h3-5,8-15,17,20H,2,6-7,16,18H2,1H3,(H,29,31)/t20-/m0/s1. The molecule has 0 spiro atoms.